The molecule has 0 aromatic heterocycles. The molecule has 0 saturated carbocycles. The summed E-state index contributed by atoms with van der Waals surface area (Å²) in [6.07, 6.45) is 1.27. The summed E-state index contributed by atoms with van der Waals surface area (Å²) in [7, 11) is -0.721. The van der Waals surface area contributed by atoms with E-state index < -0.39 is 89.8 Å². The van der Waals surface area contributed by atoms with E-state index in [0.717, 1.165) is 5.56 Å². The van der Waals surface area contributed by atoms with E-state index in [9.17, 15) is 26.3 Å². The Morgan fingerprint density at radius 1 is 0.590 bits per heavy atom. The third-order valence-corrected chi connectivity index (χ3v) is 7.67. The molecule has 0 heterocycles. The van der Waals surface area contributed by atoms with Gasteiger partial charge in [-0.3, -0.25) is 0 Å². The van der Waals surface area contributed by atoms with Crippen molar-refractivity contribution in [3.8, 4) is 0 Å². The average Bonchev–Trinajstić information content (AvgIpc) is 2.83. The highest BCUT2D eigenvalue weighted by Crippen LogP contribution is 2.35. The van der Waals surface area contributed by atoms with Crippen LogP contribution in [0.2, 0.25) is 0 Å². The minimum Gasteiger partial charge on any atom is -0.204 e. The molecule has 3 rings (SSSR count). The zero-order valence-electron chi connectivity index (χ0n) is 21.6. The zero-order chi connectivity index (χ0) is 29.7. The quantitative estimate of drug-likeness (QED) is 0.0999. The second kappa shape index (κ2) is 11.0. The van der Waals surface area contributed by atoms with Gasteiger partial charge in [0.05, 0.1) is 0 Å². The summed E-state index contributed by atoms with van der Waals surface area (Å²) in [6, 6.07) is 3.46. The van der Waals surface area contributed by atoms with Gasteiger partial charge in [0.15, 0.2) is 58.2 Å². The molecule has 0 fully saturated rings. The summed E-state index contributed by atoms with van der Waals surface area (Å²) >= 11 is 0. The average molecular weight is 578 g/mol. The van der Waals surface area contributed by atoms with Crippen LogP contribution < -0.4 is 16.2 Å². The predicted molar refractivity (Wildman–Crippen MR) is 134 cm³/mol. The molecule has 208 valence electrons. The molecule has 3 aromatic carbocycles. The molecule has 3 aromatic rings. The maximum absolute atomic E-state index is 15.2. The Morgan fingerprint density at radius 3 is 1.21 bits per heavy atom. The van der Waals surface area contributed by atoms with E-state index in [-0.39, 0.29) is 5.21 Å². The second-order valence-electron chi connectivity index (χ2n) is 10.3. The Labute approximate surface area is 221 Å². The fourth-order valence-corrected chi connectivity index (χ4v) is 6.15. The van der Waals surface area contributed by atoms with Crippen LogP contribution in [0.25, 0.3) is 0 Å². The van der Waals surface area contributed by atoms with Crippen LogP contribution in [0.3, 0.4) is 0 Å². The standard InChI is InChI=1S/C27H22BF10P/c1-10-7-11(2)26(12(3)8-10)39-13(9-27(4,5)6)28(14-16(29)20(33)24(37)21(34)17(14)30)15-18(31)22(35)25(38)23(36)19(15)32/h7-9,39H,1-6H3/b13-9-. The van der Waals surface area contributed by atoms with Gasteiger partial charge in [-0.2, -0.15) is 0 Å². The minimum absolute atomic E-state index is 0.316. The lowest BCUT2D eigenvalue weighted by Crippen LogP contribution is -2.52. The summed E-state index contributed by atoms with van der Waals surface area (Å²) < 4.78 is 146. The van der Waals surface area contributed by atoms with Crippen molar-refractivity contribution >= 4 is 31.5 Å². The van der Waals surface area contributed by atoms with Crippen molar-refractivity contribution in [1.82, 2.24) is 0 Å². The van der Waals surface area contributed by atoms with E-state index in [1.165, 1.54) is 6.08 Å². The van der Waals surface area contributed by atoms with Crippen LogP contribution in [0, 0.1) is 84.4 Å². The topological polar surface area (TPSA) is 0 Å². The van der Waals surface area contributed by atoms with Crippen molar-refractivity contribution in [3.05, 3.63) is 98.3 Å². The molecule has 0 aliphatic carbocycles. The highest BCUT2D eigenvalue weighted by atomic mass is 31.1. The van der Waals surface area contributed by atoms with Crippen molar-refractivity contribution in [2.75, 3.05) is 0 Å². The summed E-state index contributed by atoms with van der Waals surface area (Å²) in [5, 5.41) is 0.179. The molecule has 1 atom stereocenters. The summed E-state index contributed by atoms with van der Waals surface area (Å²) in [6.45, 7) is 7.26. The van der Waals surface area contributed by atoms with E-state index in [1.807, 2.05) is 0 Å². The molecule has 0 nitrogen and oxygen atoms in total. The van der Waals surface area contributed by atoms with Gasteiger partial charge in [-0.25, -0.2) is 43.9 Å². The van der Waals surface area contributed by atoms with Gasteiger partial charge in [-0.15, -0.1) is 0 Å². The maximum Gasteiger partial charge on any atom is 0.257 e. The van der Waals surface area contributed by atoms with Crippen molar-refractivity contribution in [1.29, 1.82) is 0 Å². The third kappa shape index (κ3) is 5.74. The first kappa shape index (κ1) is 30.7. The molecule has 12 heteroatoms. The lowest BCUT2D eigenvalue weighted by molar-refractivity contribution is 0.382. The fraction of sp³-hybridized carbons (Fsp3) is 0.259. The van der Waals surface area contributed by atoms with Crippen molar-refractivity contribution in [3.63, 3.8) is 0 Å². The molecule has 0 bridgehead atoms. The molecule has 0 spiro atoms. The molecule has 0 amide bonds. The van der Waals surface area contributed by atoms with Crippen molar-refractivity contribution in [2.24, 2.45) is 5.41 Å². The maximum atomic E-state index is 15.2. The first-order valence-corrected chi connectivity index (χ1v) is 12.5. The molecule has 0 aliphatic heterocycles. The molecule has 0 N–H and O–H groups in total. The van der Waals surface area contributed by atoms with Crippen LogP contribution in [0.4, 0.5) is 43.9 Å². The van der Waals surface area contributed by atoms with Gasteiger partial charge in [0.25, 0.3) is 6.71 Å². The molecule has 0 saturated heterocycles. The number of benzene rings is 3. The lowest BCUT2D eigenvalue weighted by atomic mass is 9.39. The van der Waals surface area contributed by atoms with E-state index in [2.05, 4.69) is 0 Å². The van der Waals surface area contributed by atoms with Crippen LogP contribution in [0.1, 0.15) is 37.5 Å². The van der Waals surface area contributed by atoms with Crippen molar-refractivity contribution in [2.45, 2.75) is 41.5 Å². The van der Waals surface area contributed by atoms with Gasteiger partial charge in [0.2, 0.25) is 0 Å². The van der Waals surface area contributed by atoms with Gasteiger partial charge in [-0.05, 0) is 42.6 Å². The predicted octanol–water partition coefficient (Wildman–Crippen LogP) is 7.09. The number of allylic oxidation sites excluding steroid dienone is 1. The van der Waals surface area contributed by atoms with Gasteiger partial charge in [0.1, 0.15) is 0 Å². The first-order chi connectivity index (χ1) is 17.9. The highest BCUT2D eigenvalue weighted by Gasteiger charge is 2.42. The number of hydrogen-bond acceptors (Lipinski definition) is 0. The summed E-state index contributed by atoms with van der Waals surface area (Å²) in [5.74, 6) is -24.6. The van der Waals surface area contributed by atoms with Crippen LogP contribution in [0.5, 0.6) is 0 Å². The van der Waals surface area contributed by atoms with E-state index in [1.54, 1.807) is 53.7 Å². The molecule has 1 unspecified atom stereocenters. The van der Waals surface area contributed by atoms with Gasteiger partial charge in [-0.1, -0.05) is 58.3 Å². The fourth-order valence-electron chi connectivity index (χ4n) is 4.39. The second-order valence-corrected chi connectivity index (χ2v) is 11.6. The summed E-state index contributed by atoms with van der Waals surface area (Å²) in [5.41, 5.74) is -2.34. The van der Waals surface area contributed by atoms with E-state index >= 15 is 17.6 Å². The normalized spacial score (nSPS) is 12.7. The highest BCUT2D eigenvalue weighted by molar-refractivity contribution is 7.56. The Hall–Kier alpha value is -2.81. The Morgan fingerprint density at radius 2 is 0.897 bits per heavy atom. The van der Waals surface area contributed by atoms with E-state index in [4.69, 9.17) is 0 Å². The van der Waals surface area contributed by atoms with Crippen LogP contribution in [-0.2, 0) is 0 Å². The van der Waals surface area contributed by atoms with Gasteiger partial charge >= 0.3 is 0 Å². The monoisotopic (exact) mass is 578 g/mol. The third-order valence-electron chi connectivity index (χ3n) is 5.91. The zero-order valence-corrected chi connectivity index (χ0v) is 22.6. The Bertz CT molecular complexity index is 1360. The Kier molecular flexibility index (Phi) is 8.66. The minimum atomic E-state index is -2.57. The van der Waals surface area contributed by atoms with Crippen LogP contribution >= 0.6 is 8.58 Å². The Balaban J connectivity index is 2.56. The molecular formula is C27H22BF10P. The number of hydrogen-bond donors (Lipinski definition) is 0. The largest absolute Gasteiger partial charge is 0.257 e. The van der Waals surface area contributed by atoms with Gasteiger partial charge < -0.3 is 0 Å². The number of aryl methyl sites for hydroxylation is 3. The SMILES string of the molecule is Cc1cc(C)c(P/C(=C\C(C)(C)C)B(c2c(F)c(F)c(F)c(F)c2F)c2c(F)c(F)c(F)c(F)c2F)c(C)c1. The smallest absolute Gasteiger partial charge is 0.204 e. The lowest BCUT2D eigenvalue weighted by Gasteiger charge is -2.26. The number of halogens is 10. The molecule has 0 aliphatic rings. The number of rotatable bonds is 5. The molecule has 0 radical (unpaired) electrons. The van der Waals surface area contributed by atoms with Crippen molar-refractivity contribution < 1.29 is 43.9 Å². The molecular weight excluding hydrogens is 556 g/mol. The van der Waals surface area contributed by atoms with Crippen LogP contribution in [-0.4, -0.2) is 6.71 Å². The molecule has 39 heavy (non-hydrogen) atoms. The first-order valence-electron chi connectivity index (χ1n) is 11.5. The summed E-state index contributed by atoms with van der Waals surface area (Å²) in [4.78, 5) is 0. The van der Waals surface area contributed by atoms with Gasteiger partial charge in [0, 0.05) is 10.9 Å². The van der Waals surface area contributed by atoms with Crippen LogP contribution in [0.15, 0.2) is 23.4 Å². The van der Waals surface area contributed by atoms with E-state index in [0.29, 0.717) is 16.4 Å².